The van der Waals surface area contributed by atoms with Crippen molar-refractivity contribution in [1.82, 2.24) is 10.4 Å². The second-order valence-corrected chi connectivity index (χ2v) is 8.34. The van der Waals surface area contributed by atoms with Crippen LogP contribution >= 0.6 is 0 Å². The Kier molecular flexibility index (Phi) is 6.42. The summed E-state index contributed by atoms with van der Waals surface area (Å²) in [5.41, 5.74) is 3.90. The summed E-state index contributed by atoms with van der Waals surface area (Å²) in [7, 11) is 0. The van der Waals surface area contributed by atoms with Gasteiger partial charge in [-0.2, -0.15) is 0 Å². The van der Waals surface area contributed by atoms with Crippen molar-refractivity contribution in [3.05, 3.63) is 71.8 Å². The third kappa shape index (κ3) is 5.46. The van der Waals surface area contributed by atoms with E-state index in [-0.39, 0.29) is 16.6 Å². The van der Waals surface area contributed by atoms with E-state index in [1.165, 1.54) is 5.01 Å². The van der Waals surface area contributed by atoms with E-state index in [2.05, 4.69) is 5.43 Å². The molecule has 129 valence electrons. The molecule has 5 heteroatoms. The summed E-state index contributed by atoms with van der Waals surface area (Å²) in [5.74, 6) is -0.385. The molecule has 2 amide bonds. The predicted octanol–water partition coefficient (Wildman–Crippen LogP) is 3.26. The van der Waals surface area contributed by atoms with E-state index in [1.807, 2.05) is 73.7 Å². The fourth-order valence-electron chi connectivity index (χ4n) is 2.43. The summed E-state index contributed by atoms with van der Waals surface area (Å²) in [6.07, 6.45) is 0.330. The van der Waals surface area contributed by atoms with Crippen LogP contribution in [0.4, 0.5) is 0 Å². The monoisotopic (exact) mass is 397 g/mol. The van der Waals surface area contributed by atoms with E-state index in [0.717, 1.165) is 5.56 Å². The van der Waals surface area contributed by atoms with Gasteiger partial charge in [-0.05, 0) is 0 Å². The van der Waals surface area contributed by atoms with Crippen LogP contribution in [0.3, 0.4) is 0 Å². The molecule has 3 radical (unpaired) electrons. The van der Waals surface area contributed by atoms with E-state index >= 15 is 0 Å². The Bertz CT molecular complexity index is 711. The minimum absolute atomic E-state index is 0.0761. The zero-order valence-corrected chi connectivity index (χ0v) is 16.9. The SMILES string of the molecule is CC(C)(C)N(NC(=O)c1ccccc1)C(=O)C[CH]([Ge])c1ccccc1. The molecule has 2 aromatic rings. The summed E-state index contributed by atoms with van der Waals surface area (Å²) in [5, 5.41) is 1.45. The van der Waals surface area contributed by atoms with E-state index < -0.39 is 5.54 Å². The summed E-state index contributed by atoms with van der Waals surface area (Å²) < 4.78 is 0.0761. The van der Waals surface area contributed by atoms with Crippen molar-refractivity contribution in [3.8, 4) is 0 Å². The summed E-state index contributed by atoms with van der Waals surface area (Å²) >= 11 is 2.02. The first-order valence-corrected chi connectivity index (χ1v) is 9.45. The van der Waals surface area contributed by atoms with E-state index in [9.17, 15) is 9.59 Å². The zero-order chi connectivity index (χ0) is 18.4. The fraction of sp³-hybridized carbons (Fsp3) is 0.300. The summed E-state index contributed by atoms with van der Waals surface area (Å²) in [6, 6.07) is 18.8. The van der Waals surface area contributed by atoms with Crippen molar-refractivity contribution in [1.29, 1.82) is 0 Å². The number of rotatable bonds is 4. The van der Waals surface area contributed by atoms with Gasteiger partial charge in [-0.1, -0.05) is 0 Å². The second kappa shape index (κ2) is 8.34. The average molecular weight is 396 g/mol. The minimum atomic E-state index is -0.516. The Labute approximate surface area is 157 Å². The fourth-order valence-corrected chi connectivity index (χ4v) is 3.20. The Hall–Kier alpha value is -2.08. The third-order valence-electron chi connectivity index (χ3n) is 3.75. The molecular formula is C20H23GeN2O2. The molecule has 25 heavy (non-hydrogen) atoms. The molecule has 2 aromatic carbocycles. The van der Waals surface area contributed by atoms with Gasteiger partial charge in [0.25, 0.3) is 0 Å². The first kappa shape index (κ1) is 19.3. The van der Waals surface area contributed by atoms with Gasteiger partial charge in [0.2, 0.25) is 0 Å². The van der Waals surface area contributed by atoms with Crippen molar-refractivity contribution < 1.29 is 9.59 Å². The van der Waals surface area contributed by atoms with Gasteiger partial charge in [0, 0.05) is 0 Å². The van der Waals surface area contributed by atoms with E-state index in [0.29, 0.717) is 12.0 Å². The van der Waals surface area contributed by atoms with Gasteiger partial charge < -0.3 is 0 Å². The van der Waals surface area contributed by atoms with Gasteiger partial charge in [0.05, 0.1) is 0 Å². The Morgan fingerprint density at radius 3 is 2.04 bits per heavy atom. The zero-order valence-electron chi connectivity index (χ0n) is 14.8. The number of hydrogen-bond acceptors (Lipinski definition) is 2. The number of hydrazine groups is 1. The number of hydrogen-bond donors (Lipinski definition) is 1. The molecule has 0 bridgehead atoms. The molecule has 0 saturated carbocycles. The van der Waals surface area contributed by atoms with Gasteiger partial charge in [0.15, 0.2) is 0 Å². The van der Waals surface area contributed by atoms with Gasteiger partial charge in [-0.3, -0.25) is 0 Å². The molecule has 1 unspecified atom stereocenters. The van der Waals surface area contributed by atoms with Crippen LogP contribution in [0.15, 0.2) is 60.7 Å². The van der Waals surface area contributed by atoms with Crippen LogP contribution in [0.1, 0.15) is 47.9 Å². The third-order valence-corrected chi connectivity index (χ3v) is 4.88. The molecule has 1 N–H and O–H groups in total. The maximum absolute atomic E-state index is 12.9. The van der Waals surface area contributed by atoms with Crippen molar-refractivity contribution >= 4 is 28.3 Å². The molecule has 0 aliphatic carbocycles. The van der Waals surface area contributed by atoms with Crippen molar-refractivity contribution in [2.45, 2.75) is 37.5 Å². The predicted molar refractivity (Wildman–Crippen MR) is 100 cm³/mol. The van der Waals surface area contributed by atoms with E-state index in [1.54, 1.807) is 24.3 Å². The second-order valence-electron chi connectivity index (χ2n) is 6.87. The molecule has 0 aliphatic rings. The molecule has 4 nitrogen and oxygen atoms in total. The Balaban J connectivity index is 2.12. The number of benzene rings is 2. The number of carbonyl (C=O) groups excluding carboxylic acids is 2. The van der Waals surface area contributed by atoms with Crippen molar-refractivity contribution in [2.75, 3.05) is 0 Å². The number of nitrogens with zero attached hydrogens (tertiary/aromatic N) is 1. The van der Waals surface area contributed by atoms with Gasteiger partial charge in [-0.15, -0.1) is 0 Å². The first-order chi connectivity index (χ1) is 11.8. The van der Waals surface area contributed by atoms with Crippen LogP contribution in [-0.2, 0) is 4.79 Å². The van der Waals surface area contributed by atoms with Crippen LogP contribution in [0, 0.1) is 0 Å². The van der Waals surface area contributed by atoms with Gasteiger partial charge in [0.1, 0.15) is 0 Å². The van der Waals surface area contributed by atoms with Gasteiger partial charge in [-0.25, -0.2) is 0 Å². The van der Waals surface area contributed by atoms with Crippen LogP contribution in [-0.4, -0.2) is 38.9 Å². The number of carbonyl (C=O) groups is 2. The van der Waals surface area contributed by atoms with Crippen LogP contribution in [0.2, 0.25) is 0 Å². The summed E-state index contributed by atoms with van der Waals surface area (Å²) in [6.45, 7) is 5.72. The quantitative estimate of drug-likeness (QED) is 0.638. The molecule has 0 fully saturated rings. The number of amides is 2. The first-order valence-electron chi connectivity index (χ1n) is 8.24. The van der Waals surface area contributed by atoms with Gasteiger partial charge >= 0.3 is 158 Å². The standard InChI is InChI=1S/C20H23GeN2O2/c1-20(2,3)23(22-19(25)16-12-8-5-9-13-16)18(24)14-17(21)15-10-6-4-7-11-15/h4-13,17H,14H2,1-3H3,(H,22,25). The molecule has 0 aromatic heterocycles. The van der Waals surface area contributed by atoms with Crippen molar-refractivity contribution in [3.63, 3.8) is 0 Å². The molecular weight excluding hydrogens is 373 g/mol. The normalized spacial score (nSPS) is 12.3. The molecule has 0 spiro atoms. The van der Waals surface area contributed by atoms with Crippen LogP contribution in [0.25, 0.3) is 0 Å². The molecule has 0 aliphatic heterocycles. The van der Waals surface area contributed by atoms with Crippen LogP contribution < -0.4 is 5.43 Å². The van der Waals surface area contributed by atoms with Crippen LogP contribution in [0.5, 0.6) is 0 Å². The number of nitrogens with one attached hydrogen (secondary N) is 1. The Morgan fingerprint density at radius 2 is 1.52 bits per heavy atom. The maximum atomic E-state index is 12.9. The molecule has 0 saturated heterocycles. The average Bonchev–Trinajstić information content (AvgIpc) is 2.59. The molecule has 1 atom stereocenters. The van der Waals surface area contributed by atoms with E-state index in [4.69, 9.17) is 0 Å². The molecule has 2 rings (SSSR count). The Morgan fingerprint density at radius 1 is 1.00 bits per heavy atom. The van der Waals surface area contributed by atoms with Crippen molar-refractivity contribution in [2.24, 2.45) is 0 Å². The topological polar surface area (TPSA) is 49.4 Å². The molecule has 0 heterocycles. The summed E-state index contributed by atoms with van der Waals surface area (Å²) in [4.78, 5) is 25.3.